The summed E-state index contributed by atoms with van der Waals surface area (Å²) in [5.74, 6) is -0.411. The van der Waals surface area contributed by atoms with E-state index in [0.29, 0.717) is 21.9 Å². The summed E-state index contributed by atoms with van der Waals surface area (Å²) in [7, 11) is -2.00. The summed E-state index contributed by atoms with van der Waals surface area (Å²) in [6.07, 6.45) is 2.61. The summed E-state index contributed by atoms with van der Waals surface area (Å²) >= 11 is 7.52. The van der Waals surface area contributed by atoms with Crippen LogP contribution in [-0.2, 0) is 16.6 Å². The minimum absolute atomic E-state index is 0.167. The van der Waals surface area contributed by atoms with Crippen molar-refractivity contribution in [1.82, 2.24) is 8.87 Å². The summed E-state index contributed by atoms with van der Waals surface area (Å²) < 4.78 is 29.6. The molecule has 3 aromatic rings. The molecule has 1 heterocycles. The van der Waals surface area contributed by atoms with Crippen LogP contribution < -0.4 is 4.80 Å². The van der Waals surface area contributed by atoms with Crippen LogP contribution in [0.25, 0.3) is 10.2 Å². The van der Waals surface area contributed by atoms with Gasteiger partial charge in [-0.1, -0.05) is 43.2 Å². The number of sulfonamides is 1. The molecule has 0 spiro atoms. The molecular formula is C22H26ClN3O3S2. The Labute approximate surface area is 191 Å². The number of unbranched alkanes of at least 4 members (excludes halogenated alkanes) is 1. The number of carbonyl (C=O) groups is 1. The topological polar surface area (TPSA) is 71.7 Å². The minimum Gasteiger partial charge on any atom is -0.316 e. The van der Waals surface area contributed by atoms with Crippen molar-refractivity contribution in [3.8, 4) is 0 Å². The Morgan fingerprint density at radius 1 is 1.13 bits per heavy atom. The summed E-state index contributed by atoms with van der Waals surface area (Å²) in [6, 6.07) is 11.6. The van der Waals surface area contributed by atoms with E-state index in [9.17, 15) is 13.2 Å². The van der Waals surface area contributed by atoms with Crippen LogP contribution >= 0.6 is 22.9 Å². The normalized spacial score (nSPS) is 12.7. The molecule has 0 unspecified atom stereocenters. The lowest BCUT2D eigenvalue weighted by Crippen LogP contribution is -2.27. The lowest BCUT2D eigenvalue weighted by molar-refractivity contribution is 0.0997. The van der Waals surface area contributed by atoms with E-state index in [1.54, 1.807) is 7.05 Å². The SMILES string of the molecule is CCCCN(C)S(=O)(=O)c1ccc(C(=O)N=c2sc3cc(Cl)ccc3n2CCC)cc1. The van der Waals surface area contributed by atoms with Gasteiger partial charge in [-0.05, 0) is 55.3 Å². The van der Waals surface area contributed by atoms with Crippen LogP contribution in [0.2, 0.25) is 5.02 Å². The molecule has 0 aliphatic rings. The molecule has 3 rings (SSSR count). The molecule has 0 aliphatic heterocycles. The van der Waals surface area contributed by atoms with E-state index >= 15 is 0 Å². The number of aryl methyl sites for hydroxylation is 1. The molecule has 166 valence electrons. The molecule has 0 aliphatic carbocycles. The van der Waals surface area contributed by atoms with Crippen molar-refractivity contribution in [2.45, 2.75) is 44.6 Å². The second-order valence-corrected chi connectivity index (χ2v) is 10.8. The standard InChI is InChI=1S/C22H26ClN3O3S2/c1-4-6-14-25(3)31(28,29)18-10-7-16(8-11-18)21(27)24-22-26(13-5-2)19-12-9-17(23)15-20(19)30-22/h7-12,15H,4-6,13-14H2,1-3H3. The number of fused-ring (bicyclic) bond motifs is 1. The van der Waals surface area contributed by atoms with Gasteiger partial charge in [0.05, 0.1) is 15.1 Å². The first-order valence-corrected chi connectivity index (χ1v) is 12.9. The van der Waals surface area contributed by atoms with Gasteiger partial charge in [0.25, 0.3) is 5.91 Å². The predicted octanol–water partition coefficient (Wildman–Crippen LogP) is 4.93. The highest BCUT2D eigenvalue weighted by atomic mass is 35.5. The molecular weight excluding hydrogens is 454 g/mol. The van der Waals surface area contributed by atoms with Crippen LogP contribution in [0.1, 0.15) is 43.5 Å². The van der Waals surface area contributed by atoms with Crippen LogP contribution in [0.4, 0.5) is 0 Å². The number of rotatable bonds is 8. The van der Waals surface area contributed by atoms with Crippen LogP contribution in [-0.4, -0.2) is 36.8 Å². The van der Waals surface area contributed by atoms with E-state index in [0.717, 1.165) is 36.0 Å². The number of amides is 1. The Hall–Kier alpha value is -2.00. The largest absolute Gasteiger partial charge is 0.316 e. The number of nitrogens with zero attached hydrogens (tertiary/aromatic N) is 3. The summed E-state index contributed by atoms with van der Waals surface area (Å²) in [4.78, 5) is 17.9. The van der Waals surface area contributed by atoms with Crippen molar-refractivity contribution in [2.24, 2.45) is 4.99 Å². The Bertz CT molecular complexity index is 1250. The Kier molecular flexibility index (Phi) is 7.69. The summed E-state index contributed by atoms with van der Waals surface area (Å²) in [5.41, 5.74) is 1.33. The average Bonchev–Trinajstić information content (AvgIpc) is 3.08. The highest BCUT2D eigenvalue weighted by molar-refractivity contribution is 7.89. The fraction of sp³-hybridized carbons (Fsp3) is 0.364. The lowest BCUT2D eigenvalue weighted by atomic mass is 10.2. The molecule has 0 saturated carbocycles. The Balaban J connectivity index is 1.92. The van der Waals surface area contributed by atoms with Gasteiger partial charge in [0.1, 0.15) is 0 Å². The Morgan fingerprint density at radius 2 is 1.84 bits per heavy atom. The Morgan fingerprint density at radius 3 is 2.48 bits per heavy atom. The van der Waals surface area contributed by atoms with Crippen LogP contribution in [0.5, 0.6) is 0 Å². The van der Waals surface area contributed by atoms with Gasteiger partial charge in [0.15, 0.2) is 4.80 Å². The zero-order valence-electron chi connectivity index (χ0n) is 17.8. The average molecular weight is 480 g/mol. The molecule has 2 aromatic carbocycles. The maximum absolute atomic E-state index is 12.8. The number of benzene rings is 2. The molecule has 0 radical (unpaired) electrons. The first-order valence-electron chi connectivity index (χ1n) is 10.2. The van der Waals surface area contributed by atoms with E-state index in [2.05, 4.69) is 11.9 Å². The van der Waals surface area contributed by atoms with Crippen molar-refractivity contribution >= 4 is 49.1 Å². The molecule has 0 atom stereocenters. The molecule has 6 nitrogen and oxygen atoms in total. The van der Waals surface area contributed by atoms with Gasteiger partial charge in [-0.25, -0.2) is 12.7 Å². The molecule has 0 saturated heterocycles. The molecule has 1 aromatic heterocycles. The number of hydrogen-bond acceptors (Lipinski definition) is 4. The summed E-state index contributed by atoms with van der Waals surface area (Å²) in [6.45, 7) is 5.27. The van der Waals surface area contributed by atoms with Gasteiger partial charge in [-0.15, -0.1) is 0 Å². The van der Waals surface area contributed by atoms with Crippen LogP contribution in [0, 0.1) is 0 Å². The molecule has 9 heteroatoms. The smallest absolute Gasteiger partial charge is 0.279 e. The number of carbonyl (C=O) groups excluding carboxylic acids is 1. The quantitative estimate of drug-likeness (QED) is 0.460. The molecule has 0 bridgehead atoms. The van der Waals surface area contributed by atoms with Gasteiger partial charge in [-0.3, -0.25) is 4.79 Å². The third-order valence-corrected chi connectivity index (χ3v) is 8.07. The second-order valence-electron chi connectivity index (χ2n) is 7.27. The number of aromatic nitrogens is 1. The van der Waals surface area contributed by atoms with Crippen LogP contribution in [0.3, 0.4) is 0 Å². The predicted molar refractivity (Wildman–Crippen MR) is 126 cm³/mol. The number of halogens is 1. The van der Waals surface area contributed by atoms with E-state index in [-0.39, 0.29) is 4.90 Å². The molecule has 0 fully saturated rings. The third-order valence-electron chi connectivity index (χ3n) is 4.93. The van der Waals surface area contributed by atoms with E-state index in [4.69, 9.17) is 11.6 Å². The van der Waals surface area contributed by atoms with E-state index in [1.165, 1.54) is 39.9 Å². The van der Waals surface area contributed by atoms with Crippen molar-refractivity contribution in [2.75, 3.05) is 13.6 Å². The zero-order chi connectivity index (χ0) is 22.6. The van der Waals surface area contributed by atoms with Crippen molar-refractivity contribution < 1.29 is 13.2 Å². The fourth-order valence-electron chi connectivity index (χ4n) is 3.17. The molecule has 1 amide bonds. The fourth-order valence-corrected chi connectivity index (χ4v) is 5.71. The highest BCUT2D eigenvalue weighted by Crippen LogP contribution is 2.22. The molecule has 0 N–H and O–H groups in total. The highest BCUT2D eigenvalue weighted by Gasteiger charge is 2.20. The maximum Gasteiger partial charge on any atom is 0.279 e. The van der Waals surface area contributed by atoms with Crippen molar-refractivity contribution in [1.29, 1.82) is 0 Å². The van der Waals surface area contributed by atoms with Crippen LogP contribution in [0.15, 0.2) is 52.4 Å². The first-order chi connectivity index (χ1) is 14.8. The van der Waals surface area contributed by atoms with E-state index in [1.807, 2.05) is 29.7 Å². The van der Waals surface area contributed by atoms with E-state index < -0.39 is 15.9 Å². The summed E-state index contributed by atoms with van der Waals surface area (Å²) in [5, 5.41) is 0.635. The number of thiazole rings is 1. The third kappa shape index (κ3) is 5.26. The maximum atomic E-state index is 12.8. The zero-order valence-corrected chi connectivity index (χ0v) is 20.2. The minimum atomic E-state index is -3.57. The monoisotopic (exact) mass is 479 g/mol. The lowest BCUT2D eigenvalue weighted by Gasteiger charge is -2.16. The van der Waals surface area contributed by atoms with Crippen molar-refractivity contribution in [3.63, 3.8) is 0 Å². The van der Waals surface area contributed by atoms with Gasteiger partial charge < -0.3 is 4.57 Å². The molecule has 31 heavy (non-hydrogen) atoms. The number of hydrogen-bond donors (Lipinski definition) is 0. The first kappa shape index (κ1) is 23.7. The van der Waals surface area contributed by atoms with Gasteiger partial charge in [0.2, 0.25) is 10.0 Å². The van der Waals surface area contributed by atoms with Gasteiger partial charge >= 0.3 is 0 Å². The van der Waals surface area contributed by atoms with Gasteiger partial charge in [-0.2, -0.15) is 4.99 Å². The van der Waals surface area contributed by atoms with Gasteiger partial charge in [0, 0.05) is 30.7 Å². The van der Waals surface area contributed by atoms with Crippen molar-refractivity contribution in [3.05, 3.63) is 57.9 Å². The second kappa shape index (κ2) is 10.1.